The molecule has 2 N–H and O–H groups in total. The second-order valence-electron chi connectivity index (χ2n) is 5.19. The standard InChI is InChI=1S/C13H27N3O/c1-14-9-10-16(3)12(17)11-13(15-2)7-5-4-6-8-13/h14-15H,4-11H2,1-3H3. The Morgan fingerprint density at radius 1 is 1.24 bits per heavy atom. The molecule has 0 aromatic rings. The third-order valence-corrected chi connectivity index (χ3v) is 3.95. The molecule has 1 aliphatic rings. The first kappa shape index (κ1) is 14.5. The van der Waals surface area contributed by atoms with E-state index in [0.29, 0.717) is 6.42 Å². The van der Waals surface area contributed by atoms with E-state index in [1.54, 1.807) is 0 Å². The van der Waals surface area contributed by atoms with Crippen LogP contribution in [0.5, 0.6) is 0 Å². The van der Waals surface area contributed by atoms with Crippen LogP contribution in [0.15, 0.2) is 0 Å². The van der Waals surface area contributed by atoms with Gasteiger partial charge in [0.1, 0.15) is 0 Å². The molecule has 1 saturated carbocycles. The number of likely N-dealkylation sites (N-methyl/N-ethyl adjacent to an activating group) is 2. The number of nitrogens with zero attached hydrogens (tertiary/aromatic N) is 1. The summed E-state index contributed by atoms with van der Waals surface area (Å²) >= 11 is 0. The largest absolute Gasteiger partial charge is 0.344 e. The van der Waals surface area contributed by atoms with E-state index >= 15 is 0 Å². The Morgan fingerprint density at radius 2 is 1.88 bits per heavy atom. The van der Waals surface area contributed by atoms with Crippen LogP contribution in [0.25, 0.3) is 0 Å². The normalized spacial score (nSPS) is 19.0. The van der Waals surface area contributed by atoms with E-state index in [-0.39, 0.29) is 11.4 Å². The molecule has 4 nitrogen and oxygen atoms in total. The highest BCUT2D eigenvalue weighted by Gasteiger charge is 2.33. The molecular weight excluding hydrogens is 214 g/mol. The Morgan fingerprint density at radius 3 is 2.41 bits per heavy atom. The number of nitrogens with one attached hydrogen (secondary N) is 2. The smallest absolute Gasteiger partial charge is 0.224 e. The van der Waals surface area contributed by atoms with Crippen molar-refractivity contribution in [2.45, 2.75) is 44.1 Å². The van der Waals surface area contributed by atoms with Gasteiger partial charge in [-0.25, -0.2) is 0 Å². The van der Waals surface area contributed by atoms with Crippen molar-refractivity contribution >= 4 is 5.91 Å². The third kappa shape index (κ3) is 4.28. The first-order chi connectivity index (χ1) is 8.13. The van der Waals surface area contributed by atoms with Crippen LogP contribution in [0, 0.1) is 0 Å². The highest BCUT2D eigenvalue weighted by Crippen LogP contribution is 2.31. The summed E-state index contributed by atoms with van der Waals surface area (Å²) in [5.74, 6) is 0.261. The summed E-state index contributed by atoms with van der Waals surface area (Å²) in [5.41, 5.74) is 0.0588. The van der Waals surface area contributed by atoms with Gasteiger partial charge in [-0.1, -0.05) is 19.3 Å². The Labute approximate surface area is 105 Å². The molecule has 1 amide bonds. The average Bonchev–Trinajstić information content (AvgIpc) is 2.36. The fourth-order valence-electron chi connectivity index (χ4n) is 2.57. The van der Waals surface area contributed by atoms with E-state index in [2.05, 4.69) is 10.6 Å². The van der Waals surface area contributed by atoms with Crippen LogP contribution in [0.2, 0.25) is 0 Å². The van der Waals surface area contributed by atoms with Crippen molar-refractivity contribution in [1.82, 2.24) is 15.5 Å². The topological polar surface area (TPSA) is 44.4 Å². The highest BCUT2D eigenvalue weighted by atomic mass is 16.2. The van der Waals surface area contributed by atoms with Gasteiger partial charge in [-0.05, 0) is 26.9 Å². The van der Waals surface area contributed by atoms with Gasteiger partial charge in [-0.2, -0.15) is 0 Å². The predicted octanol–water partition coefficient (Wildman–Crippen LogP) is 0.977. The molecule has 1 aliphatic carbocycles. The zero-order valence-corrected chi connectivity index (χ0v) is 11.5. The number of carbonyl (C=O) groups excluding carboxylic acids is 1. The van der Waals surface area contributed by atoms with Gasteiger partial charge in [-0.3, -0.25) is 4.79 Å². The van der Waals surface area contributed by atoms with E-state index in [1.165, 1.54) is 19.3 Å². The molecule has 0 aromatic carbocycles. The molecular formula is C13H27N3O. The molecule has 0 aliphatic heterocycles. The van der Waals surface area contributed by atoms with Crippen LogP contribution in [0.1, 0.15) is 38.5 Å². The van der Waals surface area contributed by atoms with Crippen LogP contribution >= 0.6 is 0 Å². The van der Waals surface area contributed by atoms with Gasteiger partial charge in [0, 0.05) is 32.1 Å². The van der Waals surface area contributed by atoms with Crippen LogP contribution in [-0.2, 0) is 4.79 Å². The lowest BCUT2D eigenvalue weighted by atomic mass is 9.79. The van der Waals surface area contributed by atoms with Crippen molar-refractivity contribution in [1.29, 1.82) is 0 Å². The van der Waals surface area contributed by atoms with Crippen LogP contribution in [0.4, 0.5) is 0 Å². The monoisotopic (exact) mass is 241 g/mol. The number of amides is 1. The summed E-state index contributed by atoms with van der Waals surface area (Å²) in [4.78, 5) is 14.0. The van der Waals surface area contributed by atoms with Gasteiger partial charge in [-0.15, -0.1) is 0 Å². The first-order valence-electron chi connectivity index (χ1n) is 6.71. The van der Waals surface area contributed by atoms with E-state index in [0.717, 1.165) is 25.9 Å². The van der Waals surface area contributed by atoms with Crippen LogP contribution < -0.4 is 10.6 Å². The minimum Gasteiger partial charge on any atom is -0.344 e. The molecule has 0 aromatic heterocycles. The van der Waals surface area contributed by atoms with Gasteiger partial charge in [0.25, 0.3) is 0 Å². The average molecular weight is 241 g/mol. The lowest BCUT2D eigenvalue weighted by Crippen LogP contribution is -2.49. The summed E-state index contributed by atoms with van der Waals surface area (Å²) in [7, 11) is 5.80. The van der Waals surface area contributed by atoms with Crippen molar-refractivity contribution < 1.29 is 4.79 Å². The maximum atomic E-state index is 12.1. The molecule has 0 atom stereocenters. The summed E-state index contributed by atoms with van der Waals surface area (Å²) < 4.78 is 0. The summed E-state index contributed by atoms with van der Waals surface area (Å²) in [6.07, 6.45) is 6.71. The van der Waals surface area contributed by atoms with Crippen molar-refractivity contribution in [2.75, 3.05) is 34.2 Å². The minimum atomic E-state index is 0.0588. The first-order valence-corrected chi connectivity index (χ1v) is 6.71. The Hall–Kier alpha value is -0.610. The van der Waals surface area contributed by atoms with Gasteiger partial charge in [0.05, 0.1) is 0 Å². The Balaban J connectivity index is 2.46. The van der Waals surface area contributed by atoms with Gasteiger partial charge in [0.2, 0.25) is 5.91 Å². The molecule has 0 heterocycles. The SMILES string of the molecule is CNCCN(C)C(=O)CC1(NC)CCCCC1. The van der Waals surface area contributed by atoms with E-state index in [1.807, 2.05) is 26.0 Å². The second kappa shape index (κ2) is 6.97. The maximum absolute atomic E-state index is 12.1. The highest BCUT2D eigenvalue weighted by molar-refractivity contribution is 5.77. The molecule has 0 unspecified atom stereocenters. The van der Waals surface area contributed by atoms with Gasteiger partial charge >= 0.3 is 0 Å². The molecule has 17 heavy (non-hydrogen) atoms. The molecule has 4 heteroatoms. The fourth-order valence-corrected chi connectivity index (χ4v) is 2.57. The van der Waals surface area contributed by atoms with Crippen molar-refractivity contribution in [3.05, 3.63) is 0 Å². The molecule has 0 radical (unpaired) electrons. The molecule has 1 rings (SSSR count). The van der Waals surface area contributed by atoms with E-state index in [9.17, 15) is 4.79 Å². The maximum Gasteiger partial charge on any atom is 0.224 e. The van der Waals surface area contributed by atoms with E-state index in [4.69, 9.17) is 0 Å². The van der Waals surface area contributed by atoms with Gasteiger partial charge in [0.15, 0.2) is 0 Å². The van der Waals surface area contributed by atoms with Crippen molar-refractivity contribution in [2.24, 2.45) is 0 Å². The zero-order chi connectivity index (χ0) is 12.7. The fraction of sp³-hybridized carbons (Fsp3) is 0.923. The van der Waals surface area contributed by atoms with Crippen LogP contribution in [-0.4, -0.2) is 50.6 Å². The predicted molar refractivity (Wildman–Crippen MR) is 71.1 cm³/mol. The van der Waals surface area contributed by atoms with Crippen LogP contribution in [0.3, 0.4) is 0 Å². The Kier molecular flexibility index (Phi) is 5.92. The quantitative estimate of drug-likeness (QED) is 0.728. The number of hydrogen-bond acceptors (Lipinski definition) is 3. The summed E-state index contributed by atoms with van der Waals surface area (Å²) in [5, 5.41) is 6.47. The molecule has 0 spiro atoms. The number of hydrogen-bond donors (Lipinski definition) is 2. The summed E-state index contributed by atoms with van der Waals surface area (Å²) in [6.45, 7) is 1.64. The third-order valence-electron chi connectivity index (χ3n) is 3.95. The lowest BCUT2D eigenvalue weighted by Gasteiger charge is -2.37. The lowest BCUT2D eigenvalue weighted by molar-refractivity contribution is -0.131. The van der Waals surface area contributed by atoms with E-state index < -0.39 is 0 Å². The molecule has 100 valence electrons. The number of carbonyl (C=O) groups is 1. The zero-order valence-electron chi connectivity index (χ0n) is 11.5. The molecule has 0 bridgehead atoms. The summed E-state index contributed by atoms with van der Waals surface area (Å²) in [6, 6.07) is 0. The van der Waals surface area contributed by atoms with Crippen molar-refractivity contribution in [3.8, 4) is 0 Å². The van der Waals surface area contributed by atoms with Crippen molar-refractivity contribution in [3.63, 3.8) is 0 Å². The minimum absolute atomic E-state index is 0.0588. The Bertz CT molecular complexity index is 237. The van der Waals surface area contributed by atoms with Gasteiger partial charge < -0.3 is 15.5 Å². The molecule has 0 saturated heterocycles. The number of rotatable bonds is 6. The molecule has 1 fully saturated rings. The second-order valence-corrected chi connectivity index (χ2v) is 5.19.